The molecule has 0 fully saturated rings. The minimum Gasteiger partial charge on any atom is -0.508 e. The third-order valence-electron chi connectivity index (χ3n) is 10.0. The number of phenolic OH excluding ortho intramolecular Hbond substituents is 1. The van der Waals surface area contributed by atoms with Gasteiger partial charge in [0.15, 0.2) is 11.6 Å². The van der Waals surface area contributed by atoms with Crippen LogP contribution in [0.25, 0.3) is 0 Å². The quantitative estimate of drug-likeness (QED) is 0.0683. The van der Waals surface area contributed by atoms with E-state index in [4.69, 9.17) is 23.5 Å². The van der Waals surface area contributed by atoms with Gasteiger partial charge in [-0.3, -0.25) is 34.0 Å². The number of carbonyl (C=O) groups excluding carboxylic acids is 2. The number of Topliss-reactive ketones (excluding diaryl/α,β-unsaturated/α-hetero) is 2. The van der Waals surface area contributed by atoms with E-state index in [9.17, 15) is 38.2 Å². The Morgan fingerprint density at radius 3 is 1.42 bits per heavy atom. The molecule has 4 aromatic carbocycles. The number of carbonyl (C=O) groups is 2. The highest BCUT2D eigenvalue weighted by atomic mass is 32.2. The molecule has 0 amide bonds. The lowest BCUT2D eigenvalue weighted by atomic mass is 9.92. The van der Waals surface area contributed by atoms with E-state index in [2.05, 4.69) is 0 Å². The normalized spacial score (nSPS) is 14.0. The van der Waals surface area contributed by atoms with E-state index in [1.807, 2.05) is 34.6 Å². The second-order valence-corrected chi connectivity index (χ2v) is 17.4. The molecule has 0 spiro atoms. The molecule has 0 unspecified atom stereocenters. The van der Waals surface area contributed by atoms with E-state index in [1.165, 1.54) is 26.0 Å². The Hall–Kier alpha value is -5.87. The molecule has 15 nitrogen and oxygen atoms in total. The van der Waals surface area contributed by atoms with Crippen LogP contribution in [0.4, 0.5) is 11.4 Å². The fourth-order valence-electron chi connectivity index (χ4n) is 6.90. The van der Waals surface area contributed by atoms with Crippen LogP contribution in [0, 0.1) is 47.9 Å². The Kier molecular flexibility index (Phi) is 15.0. The maximum atomic E-state index is 11.8. The summed E-state index contributed by atoms with van der Waals surface area (Å²) in [7, 11) is -3.70. The van der Waals surface area contributed by atoms with Crippen LogP contribution in [0.1, 0.15) is 114 Å². The summed E-state index contributed by atoms with van der Waals surface area (Å²) in [5.41, 5.74) is 5.21. The lowest BCUT2D eigenvalue weighted by molar-refractivity contribution is -0.386. The largest absolute Gasteiger partial charge is 0.508 e. The first-order valence-electron chi connectivity index (χ1n) is 18.6. The van der Waals surface area contributed by atoms with Crippen molar-refractivity contribution in [3.63, 3.8) is 0 Å². The second kappa shape index (κ2) is 18.6. The van der Waals surface area contributed by atoms with Crippen LogP contribution in [-0.2, 0) is 40.4 Å². The highest BCUT2D eigenvalue weighted by Gasteiger charge is 2.40. The zero-order valence-corrected chi connectivity index (χ0v) is 35.9. The minimum absolute atomic E-state index is 0. The topological polar surface area (TPSA) is 212 Å². The Balaban J connectivity index is 0.000000261. The Morgan fingerprint density at radius 2 is 1.07 bits per heavy atom. The van der Waals surface area contributed by atoms with Gasteiger partial charge < -0.3 is 19.3 Å². The van der Waals surface area contributed by atoms with Crippen molar-refractivity contribution in [3.05, 3.63) is 124 Å². The number of aromatic hydroxyl groups is 1. The Labute approximate surface area is 351 Å². The summed E-state index contributed by atoms with van der Waals surface area (Å²) >= 11 is 0. The number of phenols is 1. The van der Waals surface area contributed by atoms with Crippen molar-refractivity contribution in [2.45, 2.75) is 114 Å². The van der Waals surface area contributed by atoms with E-state index in [1.54, 1.807) is 57.2 Å². The van der Waals surface area contributed by atoms with Gasteiger partial charge in [-0.2, -0.15) is 8.42 Å². The van der Waals surface area contributed by atoms with E-state index in [0.717, 1.165) is 23.1 Å². The number of nitrogens with zero attached hydrogens (tertiary/aromatic N) is 2. The molecule has 0 bridgehead atoms. The minimum atomic E-state index is -3.70. The van der Waals surface area contributed by atoms with E-state index < -0.39 is 26.2 Å². The number of ketones is 2. The summed E-state index contributed by atoms with van der Waals surface area (Å²) in [6, 6.07) is 12.9. The lowest BCUT2D eigenvalue weighted by Crippen LogP contribution is -2.25. The van der Waals surface area contributed by atoms with E-state index in [0.29, 0.717) is 63.3 Å². The molecule has 4 aromatic rings. The molecule has 0 aliphatic carbocycles. The average Bonchev–Trinajstić information content (AvgIpc) is 3.64. The summed E-state index contributed by atoms with van der Waals surface area (Å²) in [5, 5.41) is 32.0. The van der Waals surface area contributed by atoms with Crippen LogP contribution >= 0.6 is 0 Å². The summed E-state index contributed by atoms with van der Waals surface area (Å²) < 4.78 is 45.1. The van der Waals surface area contributed by atoms with Crippen LogP contribution in [0.5, 0.6) is 23.0 Å². The summed E-state index contributed by atoms with van der Waals surface area (Å²) in [4.78, 5) is 44.4. The molecule has 6 rings (SSSR count). The maximum absolute atomic E-state index is 11.8. The zero-order chi connectivity index (χ0) is 44.4. The van der Waals surface area contributed by atoms with Gasteiger partial charge in [-0.05, 0) is 118 Å². The molecule has 0 radical (unpaired) electrons. The third-order valence-corrected chi connectivity index (χ3v) is 10.6. The monoisotopic (exact) mass is 850 g/mol. The molecule has 0 saturated heterocycles. The van der Waals surface area contributed by atoms with Gasteiger partial charge in [0.05, 0.1) is 33.8 Å². The molecule has 60 heavy (non-hydrogen) atoms. The van der Waals surface area contributed by atoms with Crippen LogP contribution < -0.4 is 14.2 Å². The second-order valence-electron chi connectivity index (χ2n) is 15.8. The first-order valence-corrected chi connectivity index (χ1v) is 20.4. The Bertz CT molecular complexity index is 2420. The number of ether oxygens (including phenoxy) is 3. The van der Waals surface area contributed by atoms with Crippen LogP contribution in [0.3, 0.4) is 0 Å². The molecule has 0 saturated carbocycles. The van der Waals surface area contributed by atoms with Crippen molar-refractivity contribution in [1.29, 1.82) is 0 Å². The Morgan fingerprint density at radius 1 is 0.700 bits per heavy atom. The van der Waals surface area contributed by atoms with Crippen molar-refractivity contribution >= 4 is 33.1 Å². The first kappa shape index (κ1) is 48.5. The predicted octanol–water partition coefficient (Wildman–Crippen LogP) is 9.34. The van der Waals surface area contributed by atoms with Crippen molar-refractivity contribution in [2.75, 3.05) is 6.26 Å². The zero-order valence-electron chi connectivity index (χ0n) is 35.1. The number of fused-ring (bicyclic) bond motifs is 2. The van der Waals surface area contributed by atoms with E-state index in [-0.39, 0.29) is 59.8 Å². The number of benzene rings is 4. The molecule has 2 heterocycles. The van der Waals surface area contributed by atoms with Gasteiger partial charge in [0.1, 0.15) is 40.8 Å². The van der Waals surface area contributed by atoms with Crippen molar-refractivity contribution in [1.82, 2.24) is 0 Å². The van der Waals surface area contributed by atoms with Gasteiger partial charge in [0.25, 0.3) is 21.5 Å². The molecule has 16 heteroatoms. The van der Waals surface area contributed by atoms with Crippen molar-refractivity contribution < 1.29 is 51.4 Å². The fraction of sp³-hybridized carbons (Fsp3) is 0.409. The molecule has 2 aliphatic heterocycles. The predicted molar refractivity (Wildman–Crippen MR) is 227 cm³/mol. The van der Waals surface area contributed by atoms with Crippen molar-refractivity contribution in [3.8, 4) is 23.0 Å². The van der Waals surface area contributed by atoms with Crippen LogP contribution in [0.2, 0.25) is 0 Å². The average molecular weight is 851 g/mol. The van der Waals surface area contributed by atoms with Gasteiger partial charge in [-0.1, -0.05) is 7.43 Å². The van der Waals surface area contributed by atoms with Crippen molar-refractivity contribution in [2.24, 2.45) is 0 Å². The highest BCUT2D eigenvalue weighted by Crippen LogP contribution is 2.47. The summed E-state index contributed by atoms with van der Waals surface area (Å²) in [6.45, 7) is 17.4. The molecule has 2 aliphatic rings. The summed E-state index contributed by atoms with van der Waals surface area (Å²) in [6.07, 6.45) is 1.97. The standard InChI is InChI=1S/C21H23NO5.C14H19NO6S.C8H8O2.CH4/c1-12-13(2)20-17(10-21(4,5)27-20)18(19(12)22(24)25)11-26-16-8-6-15(7-9-16)14(3)23;1-8-9(2)13-10(6-14(3,4)21-13)11(12(8)15(16)17)7-20-22(5,18)19;1-6(9)7-2-4-8(10)5-3-7;/h6-9H,10-11H2,1-5H3;6-7H2,1-5H3;2-5,10H,1H3;1H4. The van der Waals surface area contributed by atoms with Gasteiger partial charge in [-0.25, -0.2) is 0 Å². The maximum Gasteiger partial charge on any atom is 0.279 e. The van der Waals surface area contributed by atoms with Gasteiger partial charge in [0.2, 0.25) is 0 Å². The number of rotatable bonds is 10. The first-order chi connectivity index (χ1) is 27.2. The number of hydrogen-bond acceptors (Lipinski definition) is 13. The number of hydrogen-bond donors (Lipinski definition) is 1. The van der Waals surface area contributed by atoms with Crippen LogP contribution in [0.15, 0.2) is 48.5 Å². The molecule has 0 atom stereocenters. The fourth-order valence-corrected chi connectivity index (χ4v) is 7.23. The smallest absolute Gasteiger partial charge is 0.279 e. The molecule has 1 N–H and O–H groups in total. The number of nitro groups is 2. The van der Waals surface area contributed by atoms with Gasteiger partial charge in [-0.15, -0.1) is 0 Å². The third kappa shape index (κ3) is 11.4. The molecule has 0 aromatic heterocycles. The molecular weight excluding hydrogens is 797 g/mol. The number of nitro benzene ring substituents is 2. The van der Waals surface area contributed by atoms with E-state index >= 15 is 0 Å². The van der Waals surface area contributed by atoms with Crippen LogP contribution in [-0.4, -0.2) is 52.4 Å². The van der Waals surface area contributed by atoms with Gasteiger partial charge in [0, 0.05) is 57.3 Å². The molecular formula is C44H54N2O13S. The highest BCUT2D eigenvalue weighted by molar-refractivity contribution is 7.85. The SMILES string of the molecule is C.CC(=O)c1ccc(O)cc1.CC(=O)c1ccc(OCc2c3c(c(C)c(C)c2[N+](=O)[O-])OC(C)(C)C3)cc1.Cc1c(C)c([N+](=O)[O-])c(COS(C)(=O)=O)c2c1OC(C)(C)C2. The molecule has 324 valence electrons. The lowest BCUT2D eigenvalue weighted by Gasteiger charge is -2.18. The van der Waals surface area contributed by atoms with Gasteiger partial charge >= 0.3 is 0 Å². The summed E-state index contributed by atoms with van der Waals surface area (Å²) in [5.74, 6) is 2.06.